The van der Waals surface area contributed by atoms with Crippen molar-refractivity contribution in [3.63, 3.8) is 0 Å². The van der Waals surface area contributed by atoms with E-state index in [1.807, 2.05) is 31.4 Å². The lowest BCUT2D eigenvalue weighted by Crippen LogP contribution is -2.50. The number of carbonyl (C=O) groups is 3. The van der Waals surface area contributed by atoms with Gasteiger partial charge in [-0.15, -0.1) is 0 Å². The number of piperazine rings is 1. The van der Waals surface area contributed by atoms with Gasteiger partial charge in [-0.05, 0) is 48.6 Å². The topological polar surface area (TPSA) is 82.6 Å². The van der Waals surface area contributed by atoms with Gasteiger partial charge in [0.15, 0.2) is 5.13 Å². The molecule has 3 aromatic rings. The number of nitrogens with one attached hydrogen (secondary N) is 1. The third-order valence-corrected chi connectivity index (χ3v) is 8.36. The number of aromatic nitrogens is 1. The molecule has 0 bridgehead atoms. The fourth-order valence-corrected chi connectivity index (χ4v) is 6.21. The Labute approximate surface area is 210 Å². The Morgan fingerprint density at radius 3 is 2.53 bits per heavy atom. The van der Waals surface area contributed by atoms with Crippen LogP contribution in [0.15, 0.2) is 56.9 Å². The monoisotopic (exact) mass is 512 g/mol. The first-order valence-electron chi connectivity index (χ1n) is 10.6. The number of aryl methyl sites for hydroxylation is 2. The van der Waals surface area contributed by atoms with E-state index in [1.54, 1.807) is 27.4 Å². The predicted molar refractivity (Wildman–Crippen MR) is 137 cm³/mol. The molecule has 1 aromatic carbocycles. The highest BCUT2D eigenvalue weighted by Crippen LogP contribution is 2.37. The summed E-state index contributed by atoms with van der Waals surface area (Å²) in [5.41, 5.74) is 3.26. The first-order chi connectivity index (χ1) is 16.4. The van der Waals surface area contributed by atoms with Crippen LogP contribution < -0.4 is 5.32 Å². The minimum Gasteiger partial charge on any atom is -0.336 e. The van der Waals surface area contributed by atoms with Gasteiger partial charge in [0.1, 0.15) is 0 Å². The van der Waals surface area contributed by atoms with Crippen molar-refractivity contribution in [2.24, 2.45) is 0 Å². The molecule has 0 spiro atoms. The van der Waals surface area contributed by atoms with Crippen LogP contribution in [0.4, 0.5) is 5.13 Å². The van der Waals surface area contributed by atoms with Crippen molar-refractivity contribution in [3.05, 3.63) is 70.1 Å². The molecule has 0 atom stereocenters. The van der Waals surface area contributed by atoms with Gasteiger partial charge in [0.2, 0.25) is 5.91 Å². The molecule has 1 N–H and O–H groups in total. The fourth-order valence-electron chi connectivity index (χ4n) is 3.64. The van der Waals surface area contributed by atoms with Crippen molar-refractivity contribution in [2.45, 2.75) is 23.0 Å². The zero-order valence-electron chi connectivity index (χ0n) is 18.9. The number of hydrogen-bond acceptors (Lipinski definition) is 7. The smallest absolute Gasteiger partial charge is 0.258 e. The van der Waals surface area contributed by atoms with E-state index in [0.29, 0.717) is 42.4 Å². The number of benzene rings is 1. The second kappa shape index (κ2) is 10.5. The molecule has 1 saturated heterocycles. The lowest BCUT2D eigenvalue weighted by molar-refractivity contribution is -0.127. The third kappa shape index (κ3) is 5.40. The average molecular weight is 513 g/mol. The summed E-state index contributed by atoms with van der Waals surface area (Å²) in [6.07, 6.45) is 3.04. The second-order valence-corrected chi connectivity index (χ2v) is 11.0. The van der Waals surface area contributed by atoms with Crippen LogP contribution >= 0.6 is 34.4 Å². The Morgan fingerprint density at radius 2 is 1.85 bits per heavy atom. The maximum Gasteiger partial charge on any atom is 0.258 e. The standard InChI is InChI=1S/C24H24N4O3S3/c1-4-20(29)27-6-8-28(9-7-27)23(31)18-12-19(16(3)11-15(18)2)33-21-13-25-24(34-21)26-22(30)17-5-10-32-14-17/h4-5,10-14H,1,6-9H2,2-3H3,(H,25,26,30). The van der Waals surface area contributed by atoms with Gasteiger partial charge in [-0.2, -0.15) is 11.3 Å². The lowest BCUT2D eigenvalue weighted by atomic mass is 10.0. The normalized spacial score (nSPS) is 13.6. The van der Waals surface area contributed by atoms with Crippen molar-refractivity contribution in [1.82, 2.24) is 14.8 Å². The molecule has 176 valence electrons. The summed E-state index contributed by atoms with van der Waals surface area (Å²) in [5.74, 6) is -0.313. The predicted octanol–water partition coefficient (Wildman–Crippen LogP) is 4.70. The highest BCUT2D eigenvalue weighted by Gasteiger charge is 2.25. The van der Waals surface area contributed by atoms with Gasteiger partial charge in [0.25, 0.3) is 11.8 Å². The number of rotatable bonds is 6. The maximum absolute atomic E-state index is 13.3. The third-order valence-electron chi connectivity index (χ3n) is 5.50. The number of hydrogen-bond donors (Lipinski definition) is 1. The Balaban J connectivity index is 1.45. The molecule has 1 aliphatic heterocycles. The molecular formula is C24H24N4O3S3. The SMILES string of the molecule is C=CC(=O)N1CCN(C(=O)c2cc(Sc3cnc(NC(=O)c4ccsc4)s3)c(C)cc2C)CC1. The molecule has 0 unspecified atom stereocenters. The molecule has 10 heteroatoms. The lowest BCUT2D eigenvalue weighted by Gasteiger charge is -2.34. The fraction of sp³-hybridized carbons (Fsp3) is 0.250. The van der Waals surface area contributed by atoms with Crippen molar-refractivity contribution in [3.8, 4) is 0 Å². The van der Waals surface area contributed by atoms with Crippen molar-refractivity contribution in [2.75, 3.05) is 31.5 Å². The van der Waals surface area contributed by atoms with E-state index in [-0.39, 0.29) is 17.7 Å². The second-order valence-electron chi connectivity index (χ2n) is 7.81. The first-order valence-corrected chi connectivity index (χ1v) is 13.2. The van der Waals surface area contributed by atoms with Gasteiger partial charge < -0.3 is 9.80 Å². The van der Waals surface area contributed by atoms with E-state index in [9.17, 15) is 14.4 Å². The summed E-state index contributed by atoms with van der Waals surface area (Å²) in [6, 6.07) is 5.73. The number of nitrogens with zero attached hydrogens (tertiary/aromatic N) is 3. The summed E-state index contributed by atoms with van der Waals surface area (Å²) < 4.78 is 0.919. The Bertz CT molecular complexity index is 1230. The summed E-state index contributed by atoms with van der Waals surface area (Å²) >= 11 is 4.39. The van der Waals surface area contributed by atoms with Crippen LogP contribution in [-0.4, -0.2) is 58.7 Å². The number of amides is 3. The molecule has 7 nitrogen and oxygen atoms in total. The number of anilines is 1. The molecule has 4 rings (SSSR count). The first kappa shape index (κ1) is 24.2. The molecule has 0 saturated carbocycles. The largest absolute Gasteiger partial charge is 0.336 e. The van der Waals surface area contributed by atoms with Crippen molar-refractivity contribution >= 4 is 57.3 Å². The van der Waals surface area contributed by atoms with E-state index in [2.05, 4.69) is 16.9 Å². The van der Waals surface area contributed by atoms with Gasteiger partial charge in [-0.1, -0.05) is 35.7 Å². The number of thiazole rings is 1. The van der Waals surface area contributed by atoms with Gasteiger partial charge in [-0.3, -0.25) is 19.7 Å². The molecule has 1 aliphatic rings. The molecule has 0 radical (unpaired) electrons. The molecule has 3 amide bonds. The summed E-state index contributed by atoms with van der Waals surface area (Å²) in [5, 5.41) is 7.02. The van der Waals surface area contributed by atoms with E-state index in [1.165, 1.54) is 40.5 Å². The Hall–Kier alpha value is -2.95. The minimum atomic E-state index is -0.179. The average Bonchev–Trinajstić information content (AvgIpc) is 3.52. The molecule has 1 fully saturated rings. The van der Waals surface area contributed by atoms with Gasteiger partial charge in [0, 0.05) is 42.0 Å². The van der Waals surface area contributed by atoms with Crippen molar-refractivity contribution < 1.29 is 14.4 Å². The Kier molecular flexibility index (Phi) is 7.50. The molecule has 3 heterocycles. The van der Waals surface area contributed by atoms with Crippen LogP contribution in [0.5, 0.6) is 0 Å². The highest BCUT2D eigenvalue weighted by atomic mass is 32.2. The maximum atomic E-state index is 13.3. The van der Waals surface area contributed by atoms with Crippen LogP contribution in [0.1, 0.15) is 31.8 Å². The van der Waals surface area contributed by atoms with Crippen LogP contribution in [0.2, 0.25) is 0 Å². The summed E-state index contributed by atoms with van der Waals surface area (Å²) in [7, 11) is 0. The zero-order chi connectivity index (χ0) is 24.2. The van der Waals surface area contributed by atoms with Crippen LogP contribution in [0.25, 0.3) is 0 Å². The van der Waals surface area contributed by atoms with Gasteiger partial charge in [-0.25, -0.2) is 4.98 Å². The van der Waals surface area contributed by atoms with Crippen LogP contribution in [0, 0.1) is 13.8 Å². The van der Waals surface area contributed by atoms with Crippen LogP contribution in [-0.2, 0) is 4.79 Å². The minimum absolute atomic E-state index is 0.0296. The summed E-state index contributed by atoms with van der Waals surface area (Å²) in [4.78, 5) is 46.1. The van der Waals surface area contributed by atoms with Gasteiger partial charge >= 0.3 is 0 Å². The number of carbonyl (C=O) groups excluding carboxylic acids is 3. The molecule has 0 aliphatic carbocycles. The van der Waals surface area contributed by atoms with Gasteiger partial charge in [0.05, 0.1) is 16.0 Å². The van der Waals surface area contributed by atoms with E-state index in [4.69, 9.17) is 0 Å². The molecule has 34 heavy (non-hydrogen) atoms. The quantitative estimate of drug-likeness (QED) is 0.485. The Morgan fingerprint density at radius 1 is 1.12 bits per heavy atom. The summed E-state index contributed by atoms with van der Waals surface area (Å²) in [6.45, 7) is 9.49. The molecule has 2 aromatic heterocycles. The van der Waals surface area contributed by atoms with Crippen molar-refractivity contribution in [1.29, 1.82) is 0 Å². The zero-order valence-corrected chi connectivity index (χ0v) is 21.3. The molecular weight excluding hydrogens is 488 g/mol. The van der Waals surface area contributed by atoms with E-state index >= 15 is 0 Å². The van der Waals surface area contributed by atoms with E-state index in [0.717, 1.165) is 20.2 Å². The number of thiophene rings is 1. The van der Waals surface area contributed by atoms with E-state index < -0.39 is 0 Å². The highest BCUT2D eigenvalue weighted by molar-refractivity contribution is 8.01. The van der Waals surface area contributed by atoms with Crippen LogP contribution in [0.3, 0.4) is 0 Å².